The number of aromatic nitrogens is 3. The molecule has 0 unspecified atom stereocenters. The van der Waals surface area contributed by atoms with Gasteiger partial charge >= 0.3 is 0 Å². The van der Waals surface area contributed by atoms with Crippen LogP contribution in [0.3, 0.4) is 0 Å². The Balaban J connectivity index is 1.70. The fourth-order valence-electron chi connectivity index (χ4n) is 3.95. The van der Waals surface area contributed by atoms with Crippen LogP contribution in [-0.2, 0) is 5.75 Å². The third-order valence-corrected chi connectivity index (χ3v) is 6.58. The lowest BCUT2D eigenvalue weighted by atomic mass is 9.88. The van der Waals surface area contributed by atoms with Crippen LogP contribution in [0.2, 0.25) is 0 Å². The molecular formula is C23H27N3S. The number of rotatable bonds is 5. The molecule has 0 spiro atoms. The average Bonchev–Trinajstić information content (AvgIpc) is 3.12. The maximum atomic E-state index is 4.68. The highest BCUT2D eigenvalue weighted by Crippen LogP contribution is 2.36. The molecule has 1 aliphatic carbocycles. The van der Waals surface area contributed by atoms with Gasteiger partial charge in [0.2, 0.25) is 0 Å². The van der Waals surface area contributed by atoms with Crippen molar-refractivity contribution in [2.75, 3.05) is 0 Å². The molecule has 27 heavy (non-hydrogen) atoms. The SMILES string of the molecule is Cc1ccccc1CSc1nnc(C2CCCCC2)n1-c1ccccc1C. The third kappa shape index (κ3) is 3.96. The van der Waals surface area contributed by atoms with Crippen LogP contribution in [0.1, 0.15) is 60.5 Å². The maximum absolute atomic E-state index is 4.68. The zero-order valence-electron chi connectivity index (χ0n) is 16.2. The van der Waals surface area contributed by atoms with Crippen molar-refractivity contribution in [3.05, 3.63) is 71.0 Å². The topological polar surface area (TPSA) is 30.7 Å². The summed E-state index contributed by atoms with van der Waals surface area (Å²) in [5.74, 6) is 2.59. The van der Waals surface area contributed by atoms with Crippen molar-refractivity contribution >= 4 is 11.8 Å². The van der Waals surface area contributed by atoms with Gasteiger partial charge in [0.25, 0.3) is 0 Å². The Labute approximate surface area is 166 Å². The lowest BCUT2D eigenvalue weighted by Gasteiger charge is -2.22. The molecule has 0 atom stereocenters. The summed E-state index contributed by atoms with van der Waals surface area (Å²) in [4.78, 5) is 0. The molecule has 3 nitrogen and oxygen atoms in total. The Morgan fingerprint density at radius 1 is 0.889 bits per heavy atom. The molecule has 1 fully saturated rings. The molecular weight excluding hydrogens is 350 g/mol. The summed E-state index contributed by atoms with van der Waals surface area (Å²) in [6.07, 6.45) is 6.41. The van der Waals surface area contributed by atoms with E-state index in [-0.39, 0.29) is 0 Å². The molecule has 2 aromatic carbocycles. The second-order valence-electron chi connectivity index (χ2n) is 7.51. The van der Waals surface area contributed by atoms with Gasteiger partial charge in [-0.25, -0.2) is 0 Å². The second kappa shape index (κ2) is 8.30. The van der Waals surface area contributed by atoms with Gasteiger partial charge in [-0.2, -0.15) is 0 Å². The number of nitrogens with zero attached hydrogens (tertiary/aromatic N) is 3. The first-order valence-electron chi connectivity index (χ1n) is 9.92. The van der Waals surface area contributed by atoms with Gasteiger partial charge in [-0.05, 0) is 49.4 Å². The largest absolute Gasteiger partial charge is 0.274 e. The van der Waals surface area contributed by atoms with Crippen LogP contribution in [0.15, 0.2) is 53.7 Å². The van der Waals surface area contributed by atoms with E-state index in [4.69, 9.17) is 0 Å². The lowest BCUT2D eigenvalue weighted by Crippen LogP contribution is -2.12. The van der Waals surface area contributed by atoms with E-state index in [0.717, 1.165) is 16.7 Å². The molecule has 3 aromatic rings. The van der Waals surface area contributed by atoms with Gasteiger partial charge in [0.15, 0.2) is 5.16 Å². The standard InChI is InChI=1S/C23H27N3S/c1-17-10-6-8-14-20(17)16-27-23-25-24-22(19-12-4-3-5-13-19)26(23)21-15-9-7-11-18(21)2/h6-11,14-15,19H,3-5,12-13,16H2,1-2H3. The first kappa shape index (κ1) is 18.3. The van der Waals surface area contributed by atoms with Crippen LogP contribution in [0.25, 0.3) is 5.69 Å². The molecule has 4 rings (SSSR count). The zero-order valence-corrected chi connectivity index (χ0v) is 17.0. The molecule has 140 valence electrons. The summed E-state index contributed by atoms with van der Waals surface area (Å²) >= 11 is 1.79. The highest BCUT2D eigenvalue weighted by atomic mass is 32.2. The van der Waals surface area contributed by atoms with Gasteiger partial charge in [0.1, 0.15) is 5.82 Å². The second-order valence-corrected chi connectivity index (χ2v) is 8.46. The average molecular weight is 378 g/mol. The van der Waals surface area contributed by atoms with Crippen LogP contribution < -0.4 is 0 Å². The van der Waals surface area contributed by atoms with E-state index in [1.54, 1.807) is 11.8 Å². The number of aryl methyl sites for hydroxylation is 2. The van der Waals surface area contributed by atoms with Gasteiger partial charge in [-0.1, -0.05) is 73.5 Å². The van der Waals surface area contributed by atoms with Gasteiger partial charge in [0.05, 0.1) is 5.69 Å². The maximum Gasteiger partial charge on any atom is 0.196 e. The predicted molar refractivity (Wildman–Crippen MR) is 113 cm³/mol. The van der Waals surface area contributed by atoms with E-state index in [2.05, 4.69) is 77.1 Å². The molecule has 0 aliphatic heterocycles. The summed E-state index contributed by atoms with van der Waals surface area (Å²) in [6.45, 7) is 4.35. The Morgan fingerprint density at radius 3 is 2.33 bits per heavy atom. The Bertz CT molecular complexity index is 909. The van der Waals surface area contributed by atoms with Crippen LogP contribution in [0, 0.1) is 13.8 Å². The Hall–Kier alpha value is -2.07. The third-order valence-electron chi connectivity index (χ3n) is 5.60. The lowest BCUT2D eigenvalue weighted by molar-refractivity contribution is 0.423. The molecule has 4 heteroatoms. The molecule has 0 saturated heterocycles. The van der Waals surface area contributed by atoms with Crippen molar-refractivity contribution < 1.29 is 0 Å². The van der Waals surface area contributed by atoms with E-state index < -0.39 is 0 Å². The van der Waals surface area contributed by atoms with Crippen molar-refractivity contribution in [3.63, 3.8) is 0 Å². The van der Waals surface area contributed by atoms with Crippen molar-refractivity contribution in [2.45, 2.75) is 62.8 Å². The molecule has 0 N–H and O–H groups in total. The molecule has 0 radical (unpaired) electrons. The molecule has 0 amide bonds. The summed E-state index contributed by atoms with van der Waals surface area (Å²) in [5.41, 5.74) is 5.18. The van der Waals surface area contributed by atoms with Gasteiger partial charge in [-0.3, -0.25) is 4.57 Å². The van der Waals surface area contributed by atoms with E-state index in [1.165, 1.54) is 54.5 Å². The molecule has 0 bridgehead atoms. The van der Waals surface area contributed by atoms with Crippen LogP contribution in [0.5, 0.6) is 0 Å². The molecule has 1 saturated carbocycles. The monoisotopic (exact) mass is 377 g/mol. The molecule has 1 aliphatic rings. The minimum absolute atomic E-state index is 0.527. The van der Waals surface area contributed by atoms with E-state index in [1.807, 2.05) is 0 Å². The number of hydrogen-bond donors (Lipinski definition) is 0. The van der Waals surface area contributed by atoms with Crippen LogP contribution >= 0.6 is 11.8 Å². The molecule has 1 heterocycles. The quantitative estimate of drug-likeness (QED) is 0.494. The fourth-order valence-corrected chi connectivity index (χ4v) is 4.98. The summed E-state index contributed by atoms with van der Waals surface area (Å²) in [7, 11) is 0. The predicted octanol–water partition coefficient (Wildman–Crippen LogP) is 6.22. The number of benzene rings is 2. The number of para-hydroxylation sites is 1. The zero-order chi connectivity index (χ0) is 18.6. The van der Waals surface area contributed by atoms with Crippen LogP contribution in [-0.4, -0.2) is 14.8 Å². The van der Waals surface area contributed by atoms with Crippen molar-refractivity contribution in [1.82, 2.24) is 14.8 Å². The summed E-state index contributed by atoms with van der Waals surface area (Å²) < 4.78 is 2.33. The van der Waals surface area contributed by atoms with Crippen molar-refractivity contribution in [1.29, 1.82) is 0 Å². The number of hydrogen-bond acceptors (Lipinski definition) is 3. The minimum Gasteiger partial charge on any atom is -0.274 e. The summed E-state index contributed by atoms with van der Waals surface area (Å²) in [5, 5.41) is 10.3. The summed E-state index contributed by atoms with van der Waals surface area (Å²) in [6, 6.07) is 17.2. The molecule has 1 aromatic heterocycles. The van der Waals surface area contributed by atoms with E-state index in [9.17, 15) is 0 Å². The van der Waals surface area contributed by atoms with Gasteiger partial charge in [0, 0.05) is 11.7 Å². The fraction of sp³-hybridized carbons (Fsp3) is 0.391. The highest BCUT2D eigenvalue weighted by molar-refractivity contribution is 7.98. The Morgan fingerprint density at radius 2 is 1.59 bits per heavy atom. The normalized spacial score (nSPS) is 15.2. The van der Waals surface area contributed by atoms with E-state index >= 15 is 0 Å². The Kier molecular flexibility index (Phi) is 5.63. The first-order valence-corrected chi connectivity index (χ1v) is 10.9. The van der Waals surface area contributed by atoms with Gasteiger partial charge in [-0.15, -0.1) is 10.2 Å². The van der Waals surface area contributed by atoms with Crippen LogP contribution in [0.4, 0.5) is 0 Å². The smallest absolute Gasteiger partial charge is 0.196 e. The van der Waals surface area contributed by atoms with E-state index in [0.29, 0.717) is 5.92 Å². The van der Waals surface area contributed by atoms with Gasteiger partial charge < -0.3 is 0 Å². The first-order chi connectivity index (χ1) is 13.2. The van der Waals surface area contributed by atoms with Crippen molar-refractivity contribution in [3.8, 4) is 5.69 Å². The highest BCUT2D eigenvalue weighted by Gasteiger charge is 2.25. The van der Waals surface area contributed by atoms with Crippen molar-refractivity contribution in [2.24, 2.45) is 0 Å². The number of thioether (sulfide) groups is 1. The minimum atomic E-state index is 0.527.